The van der Waals surface area contributed by atoms with Crippen molar-refractivity contribution in [2.24, 2.45) is 0 Å². The average Bonchev–Trinajstić information content (AvgIpc) is 2.99. The second kappa shape index (κ2) is 21.6. The summed E-state index contributed by atoms with van der Waals surface area (Å²) in [5, 5.41) is 0. The molecule has 0 atom stereocenters. The summed E-state index contributed by atoms with van der Waals surface area (Å²) in [7, 11) is -6.68. The highest BCUT2D eigenvalue weighted by Gasteiger charge is 2.14. The fraction of sp³-hybridized carbons (Fsp3) is 0.629. The van der Waals surface area contributed by atoms with Crippen LogP contribution in [0.15, 0.2) is 53.4 Å². The van der Waals surface area contributed by atoms with Gasteiger partial charge in [0, 0.05) is 5.69 Å². The van der Waals surface area contributed by atoms with E-state index in [1.165, 1.54) is 51.4 Å². The van der Waals surface area contributed by atoms with Crippen molar-refractivity contribution in [2.45, 2.75) is 128 Å². The Morgan fingerprint density at radius 1 is 0.628 bits per heavy atom. The number of benzene rings is 2. The van der Waals surface area contributed by atoms with Gasteiger partial charge in [-0.3, -0.25) is 4.72 Å². The third kappa shape index (κ3) is 17.1. The largest absolute Gasteiger partial charge is 0.494 e. The van der Waals surface area contributed by atoms with E-state index >= 15 is 0 Å². The van der Waals surface area contributed by atoms with Crippen LogP contribution in [0.2, 0.25) is 0 Å². The molecular formula is C35H56NO5S2. The molecule has 0 heterocycles. The van der Waals surface area contributed by atoms with Crippen LogP contribution in [0.4, 0.5) is 5.69 Å². The number of anilines is 1. The molecule has 0 spiro atoms. The maximum atomic E-state index is 12.9. The Hall–Kier alpha value is -2.06. The molecule has 6 nitrogen and oxygen atoms in total. The van der Waals surface area contributed by atoms with Gasteiger partial charge in [-0.05, 0) is 80.5 Å². The maximum absolute atomic E-state index is 12.9. The van der Waals surface area contributed by atoms with Crippen molar-refractivity contribution in [1.82, 2.24) is 0 Å². The molecule has 8 heteroatoms. The number of aryl methyl sites for hydroxylation is 1. The van der Waals surface area contributed by atoms with E-state index in [1.54, 1.807) is 36.4 Å². The van der Waals surface area contributed by atoms with Gasteiger partial charge in [0.05, 0.1) is 23.0 Å². The van der Waals surface area contributed by atoms with Gasteiger partial charge >= 0.3 is 0 Å². The van der Waals surface area contributed by atoms with Crippen LogP contribution in [-0.2, 0) is 26.3 Å². The lowest BCUT2D eigenvalue weighted by atomic mass is 10.1. The molecule has 2 aromatic carbocycles. The first-order valence-electron chi connectivity index (χ1n) is 16.6. The average molecular weight is 635 g/mol. The summed E-state index contributed by atoms with van der Waals surface area (Å²) in [4.78, 5) is 0.192. The Morgan fingerprint density at radius 2 is 1.19 bits per heavy atom. The van der Waals surface area contributed by atoms with Gasteiger partial charge in [-0.15, -0.1) is 0 Å². The molecule has 0 bridgehead atoms. The monoisotopic (exact) mass is 634 g/mol. The highest BCUT2D eigenvalue weighted by atomic mass is 32.2. The minimum Gasteiger partial charge on any atom is -0.494 e. The number of unbranched alkanes of at least 4 members (excludes halogenated alkanes) is 14. The minimum atomic E-state index is -3.71. The van der Waals surface area contributed by atoms with Crippen LogP contribution < -0.4 is 9.46 Å². The van der Waals surface area contributed by atoms with E-state index < -0.39 is 19.9 Å². The predicted octanol–water partition coefficient (Wildman–Crippen LogP) is 9.31. The quantitative estimate of drug-likeness (QED) is 0.104. The fourth-order valence-corrected chi connectivity index (χ4v) is 7.41. The number of nitrogens with one attached hydrogen (secondary N) is 1. The van der Waals surface area contributed by atoms with Crippen molar-refractivity contribution in [3.05, 3.63) is 60.5 Å². The molecule has 2 rings (SSSR count). The van der Waals surface area contributed by atoms with E-state index in [-0.39, 0.29) is 16.4 Å². The van der Waals surface area contributed by atoms with E-state index in [4.69, 9.17) is 4.74 Å². The van der Waals surface area contributed by atoms with E-state index in [2.05, 4.69) is 18.6 Å². The summed E-state index contributed by atoms with van der Waals surface area (Å²) >= 11 is 0. The summed E-state index contributed by atoms with van der Waals surface area (Å²) in [6.07, 6.45) is 20.8. The van der Waals surface area contributed by atoms with E-state index in [0.717, 1.165) is 56.9 Å². The van der Waals surface area contributed by atoms with Crippen LogP contribution in [0.3, 0.4) is 0 Å². The lowest BCUT2D eigenvalue weighted by Crippen LogP contribution is -2.13. The highest BCUT2D eigenvalue weighted by molar-refractivity contribution is 7.92. The van der Waals surface area contributed by atoms with Crippen molar-refractivity contribution in [3.8, 4) is 5.75 Å². The topological polar surface area (TPSA) is 89.5 Å². The van der Waals surface area contributed by atoms with Gasteiger partial charge in [0.15, 0.2) is 0 Å². The van der Waals surface area contributed by atoms with Gasteiger partial charge in [-0.1, -0.05) is 103 Å². The fourth-order valence-electron chi connectivity index (χ4n) is 4.97. The zero-order valence-electron chi connectivity index (χ0n) is 26.7. The van der Waals surface area contributed by atoms with Crippen molar-refractivity contribution in [1.29, 1.82) is 0 Å². The number of sulfonamides is 1. The van der Waals surface area contributed by atoms with Crippen molar-refractivity contribution in [3.63, 3.8) is 0 Å². The first-order chi connectivity index (χ1) is 20.8. The van der Waals surface area contributed by atoms with Crippen LogP contribution in [0.5, 0.6) is 5.75 Å². The molecule has 2 aromatic rings. The van der Waals surface area contributed by atoms with Gasteiger partial charge in [0.1, 0.15) is 15.6 Å². The highest BCUT2D eigenvalue weighted by Crippen LogP contribution is 2.21. The zero-order chi connectivity index (χ0) is 31.2. The van der Waals surface area contributed by atoms with Crippen molar-refractivity contribution in [2.75, 3.05) is 22.8 Å². The Balaban J connectivity index is 1.64. The van der Waals surface area contributed by atoms with Gasteiger partial charge < -0.3 is 4.74 Å². The van der Waals surface area contributed by atoms with Gasteiger partial charge in [0.2, 0.25) is 0 Å². The first kappa shape index (κ1) is 37.1. The second-order valence-corrected chi connectivity index (χ2v) is 15.6. The third-order valence-corrected chi connectivity index (χ3v) is 10.9. The van der Waals surface area contributed by atoms with Crippen LogP contribution in [-0.4, -0.2) is 34.9 Å². The third-order valence-electron chi connectivity index (χ3n) is 7.69. The summed E-state index contributed by atoms with van der Waals surface area (Å²) < 4.78 is 58.5. The first-order valence-corrected chi connectivity index (χ1v) is 19.9. The molecule has 0 unspecified atom stereocenters. The number of sulfone groups is 1. The summed E-state index contributed by atoms with van der Waals surface area (Å²) in [6, 6.07) is 13.9. The van der Waals surface area contributed by atoms with Gasteiger partial charge in [-0.25, -0.2) is 16.8 Å². The summed E-state index contributed by atoms with van der Waals surface area (Å²) in [6.45, 7) is 5.01. The molecule has 0 amide bonds. The Labute approximate surface area is 263 Å². The van der Waals surface area contributed by atoms with Gasteiger partial charge in [0.25, 0.3) is 10.0 Å². The molecular weight excluding hydrogens is 579 g/mol. The van der Waals surface area contributed by atoms with Crippen LogP contribution in [0.25, 0.3) is 0 Å². The molecule has 0 saturated heterocycles. The molecule has 43 heavy (non-hydrogen) atoms. The molecule has 1 N–H and O–H groups in total. The van der Waals surface area contributed by atoms with Crippen LogP contribution >= 0.6 is 0 Å². The number of ether oxygens (including phenoxy) is 1. The number of hydrogen-bond acceptors (Lipinski definition) is 5. The van der Waals surface area contributed by atoms with Crippen molar-refractivity contribution >= 4 is 25.5 Å². The lowest BCUT2D eigenvalue weighted by molar-refractivity contribution is 0.304. The second-order valence-electron chi connectivity index (χ2n) is 11.6. The zero-order valence-corrected chi connectivity index (χ0v) is 28.3. The molecule has 0 aliphatic heterocycles. The number of hydrogen-bond donors (Lipinski definition) is 1. The number of rotatable bonds is 26. The Kier molecular flexibility index (Phi) is 18.7. The molecule has 0 aliphatic carbocycles. The molecule has 1 radical (unpaired) electrons. The standard InChI is InChI=1S/C35H56NO5S2/c1-3-5-7-9-10-11-12-13-14-17-29-41-34-25-27-35(28-26-34)43(39,40)36-33-23-21-32(22-24-33)20-16-15-19-31-42(37,38)30-18-8-6-4-2/h15,21-28,36H,3-14,16-20,29-31H2,1-2H3. The summed E-state index contributed by atoms with van der Waals surface area (Å²) in [5.74, 6) is 1.18. The molecule has 0 fully saturated rings. The SMILES string of the molecule is CCCCCCCCCCCCOc1ccc(S(=O)(=O)Nc2ccc(CC[CH]CCS(=O)(=O)CCCCCC)cc2)cc1. The lowest BCUT2D eigenvalue weighted by Gasteiger charge is -2.10. The van der Waals surface area contributed by atoms with Crippen molar-refractivity contribution < 1.29 is 21.6 Å². The molecule has 0 aromatic heterocycles. The molecule has 243 valence electrons. The predicted molar refractivity (Wildman–Crippen MR) is 181 cm³/mol. The smallest absolute Gasteiger partial charge is 0.261 e. The van der Waals surface area contributed by atoms with E-state index in [9.17, 15) is 16.8 Å². The summed E-state index contributed by atoms with van der Waals surface area (Å²) in [5.41, 5.74) is 1.58. The van der Waals surface area contributed by atoms with Gasteiger partial charge in [-0.2, -0.15) is 0 Å². The normalized spacial score (nSPS) is 12.0. The van der Waals surface area contributed by atoms with E-state index in [1.807, 2.05) is 18.6 Å². The Bertz CT molecular complexity index is 1190. The Morgan fingerprint density at radius 3 is 1.79 bits per heavy atom. The van der Waals surface area contributed by atoms with E-state index in [0.29, 0.717) is 24.5 Å². The molecule has 0 saturated carbocycles. The molecule has 0 aliphatic rings. The van der Waals surface area contributed by atoms with Crippen LogP contribution in [0.1, 0.15) is 122 Å². The van der Waals surface area contributed by atoms with Crippen LogP contribution in [0, 0.1) is 6.42 Å². The maximum Gasteiger partial charge on any atom is 0.261 e. The minimum absolute atomic E-state index is 0.192.